The Morgan fingerprint density at radius 3 is 2.46 bits per heavy atom. The van der Waals surface area contributed by atoms with Gasteiger partial charge in [0.15, 0.2) is 0 Å². The summed E-state index contributed by atoms with van der Waals surface area (Å²) in [6, 6.07) is 15.2. The van der Waals surface area contributed by atoms with Crippen LogP contribution in [0.15, 0.2) is 48.5 Å². The molecule has 2 aromatic carbocycles. The summed E-state index contributed by atoms with van der Waals surface area (Å²) >= 11 is 0. The molecule has 5 nitrogen and oxygen atoms in total. The molecule has 0 aromatic heterocycles. The number of carbonyl (C=O) groups is 1. The number of methoxy groups -OCH3 is 1. The Morgan fingerprint density at radius 1 is 1.04 bits per heavy atom. The second-order valence-corrected chi connectivity index (χ2v) is 5.93. The largest absolute Gasteiger partial charge is 0.495 e. The number of urea groups is 1. The molecule has 126 valence electrons. The maximum absolute atomic E-state index is 12.2. The van der Waals surface area contributed by atoms with Crippen LogP contribution in [0, 0.1) is 0 Å². The molecule has 1 fully saturated rings. The van der Waals surface area contributed by atoms with Gasteiger partial charge >= 0.3 is 6.03 Å². The summed E-state index contributed by atoms with van der Waals surface area (Å²) in [5.41, 5.74) is 2.76. The third-order valence-electron chi connectivity index (χ3n) is 4.33. The van der Waals surface area contributed by atoms with Crippen LogP contribution in [-0.4, -0.2) is 26.2 Å². The highest BCUT2D eigenvalue weighted by atomic mass is 16.5. The first-order chi connectivity index (χ1) is 11.8. The van der Waals surface area contributed by atoms with Crippen molar-refractivity contribution in [3.05, 3.63) is 54.1 Å². The van der Waals surface area contributed by atoms with Crippen molar-refractivity contribution in [2.75, 3.05) is 30.8 Å². The molecule has 0 bridgehead atoms. The fourth-order valence-electron chi connectivity index (χ4n) is 3.03. The van der Waals surface area contributed by atoms with Gasteiger partial charge in [0.25, 0.3) is 0 Å². The van der Waals surface area contributed by atoms with E-state index in [1.165, 1.54) is 18.4 Å². The summed E-state index contributed by atoms with van der Waals surface area (Å²) in [6.45, 7) is 2.15. The van der Waals surface area contributed by atoms with Crippen LogP contribution in [-0.2, 0) is 0 Å². The van der Waals surface area contributed by atoms with Gasteiger partial charge in [-0.05, 0) is 61.7 Å². The third kappa shape index (κ3) is 4.06. The Labute approximate surface area is 142 Å². The highest BCUT2D eigenvalue weighted by Gasteiger charge is 2.15. The van der Waals surface area contributed by atoms with E-state index in [1.54, 1.807) is 13.2 Å². The second-order valence-electron chi connectivity index (χ2n) is 5.93. The molecule has 1 heterocycles. The molecular formula is C19H23N3O2. The van der Waals surface area contributed by atoms with Gasteiger partial charge < -0.3 is 20.7 Å². The Balaban J connectivity index is 1.60. The number of anilines is 2. The number of piperidine rings is 1. The van der Waals surface area contributed by atoms with Crippen molar-refractivity contribution in [3.63, 3.8) is 0 Å². The fourth-order valence-corrected chi connectivity index (χ4v) is 3.03. The van der Waals surface area contributed by atoms with Gasteiger partial charge in [-0.1, -0.05) is 24.3 Å². The smallest absolute Gasteiger partial charge is 0.323 e. The van der Waals surface area contributed by atoms with E-state index < -0.39 is 0 Å². The number of hydrogen-bond donors (Lipinski definition) is 3. The molecule has 0 aliphatic carbocycles. The van der Waals surface area contributed by atoms with Crippen LogP contribution in [0.25, 0.3) is 0 Å². The Kier molecular flexibility index (Phi) is 5.33. The third-order valence-corrected chi connectivity index (χ3v) is 4.33. The Bertz CT molecular complexity index is 679. The molecule has 0 spiro atoms. The fraction of sp³-hybridized carbons (Fsp3) is 0.316. The van der Waals surface area contributed by atoms with Crippen molar-refractivity contribution < 1.29 is 9.53 Å². The van der Waals surface area contributed by atoms with Crippen molar-refractivity contribution in [3.8, 4) is 5.75 Å². The van der Waals surface area contributed by atoms with Crippen LogP contribution < -0.4 is 20.7 Å². The van der Waals surface area contributed by atoms with Gasteiger partial charge in [-0.25, -0.2) is 4.79 Å². The molecule has 24 heavy (non-hydrogen) atoms. The van der Waals surface area contributed by atoms with Crippen LogP contribution in [0.2, 0.25) is 0 Å². The van der Waals surface area contributed by atoms with Crippen molar-refractivity contribution in [2.24, 2.45) is 0 Å². The maximum atomic E-state index is 12.2. The number of benzene rings is 2. The lowest BCUT2D eigenvalue weighted by Gasteiger charge is -2.23. The van der Waals surface area contributed by atoms with E-state index in [1.807, 2.05) is 30.3 Å². The lowest BCUT2D eigenvalue weighted by molar-refractivity contribution is 0.262. The van der Waals surface area contributed by atoms with Gasteiger partial charge in [-0.2, -0.15) is 0 Å². The first kappa shape index (κ1) is 16.3. The molecule has 2 amide bonds. The summed E-state index contributed by atoms with van der Waals surface area (Å²) in [5.74, 6) is 1.25. The minimum absolute atomic E-state index is 0.283. The zero-order chi connectivity index (χ0) is 16.8. The van der Waals surface area contributed by atoms with E-state index >= 15 is 0 Å². The first-order valence-corrected chi connectivity index (χ1v) is 8.28. The van der Waals surface area contributed by atoms with E-state index in [2.05, 4.69) is 28.1 Å². The second kappa shape index (κ2) is 7.84. The molecule has 0 unspecified atom stereocenters. The molecule has 1 saturated heterocycles. The average Bonchev–Trinajstić information content (AvgIpc) is 2.63. The van der Waals surface area contributed by atoms with E-state index in [0.29, 0.717) is 17.4 Å². The van der Waals surface area contributed by atoms with Gasteiger partial charge in [-0.3, -0.25) is 0 Å². The number of ether oxygens (including phenoxy) is 1. The lowest BCUT2D eigenvalue weighted by atomic mass is 9.90. The summed E-state index contributed by atoms with van der Waals surface area (Å²) in [4.78, 5) is 12.2. The van der Waals surface area contributed by atoms with E-state index in [9.17, 15) is 4.79 Å². The highest BCUT2D eigenvalue weighted by molar-refractivity contribution is 6.00. The monoisotopic (exact) mass is 325 g/mol. The summed E-state index contributed by atoms with van der Waals surface area (Å²) < 4.78 is 5.23. The topological polar surface area (TPSA) is 62.4 Å². The summed E-state index contributed by atoms with van der Waals surface area (Å²) in [6.07, 6.45) is 2.34. The molecule has 0 atom stereocenters. The van der Waals surface area contributed by atoms with Crippen molar-refractivity contribution in [2.45, 2.75) is 18.8 Å². The molecule has 3 N–H and O–H groups in total. The average molecular weight is 325 g/mol. The van der Waals surface area contributed by atoms with Crippen LogP contribution in [0.4, 0.5) is 16.2 Å². The minimum Gasteiger partial charge on any atom is -0.495 e. The number of para-hydroxylation sites is 2. The molecule has 0 radical (unpaired) electrons. The lowest BCUT2D eigenvalue weighted by Crippen LogP contribution is -2.26. The first-order valence-electron chi connectivity index (χ1n) is 8.28. The predicted molar refractivity (Wildman–Crippen MR) is 96.9 cm³/mol. The van der Waals surface area contributed by atoms with Gasteiger partial charge in [-0.15, -0.1) is 0 Å². The molecule has 2 aromatic rings. The van der Waals surface area contributed by atoms with Crippen LogP contribution in [0.1, 0.15) is 24.3 Å². The van der Waals surface area contributed by atoms with Crippen LogP contribution in [0.5, 0.6) is 5.75 Å². The SMILES string of the molecule is COc1ccccc1NC(=O)Nc1ccc(C2CCNCC2)cc1. The molecule has 1 aliphatic heterocycles. The van der Waals surface area contributed by atoms with Crippen molar-refractivity contribution >= 4 is 17.4 Å². The Morgan fingerprint density at radius 2 is 1.75 bits per heavy atom. The number of rotatable bonds is 4. The number of nitrogens with one attached hydrogen (secondary N) is 3. The van der Waals surface area contributed by atoms with Crippen LogP contribution in [0.3, 0.4) is 0 Å². The minimum atomic E-state index is -0.283. The van der Waals surface area contributed by atoms with Gasteiger partial charge in [0.05, 0.1) is 12.8 Å². The molecule has 3 rings (SSSR count). The molecule has 5 heteroatoms. The number of hydrogen-bond acceptors (Lipinski definition) is 3. The standard InChI is InChI=1S/C19H23N3O2/c1-24-18-5-3-2-4-17(18)22-19(23)21-16-8-6-14(7-9-16)15-10-12-20-13-11-15/h2-9,15,20H,10-13H2,1H3,(H2,21,22,23). The highest BCUT2D eigenvalue weighted by Crippen LogP contribution is 2.26. The van der Waals surface area contributed by atoms with E-state index in [-0.39, 0.29) is 6.03 Å². The van der Waals surface area contributed by atoms with Crippen molar-refractivity contribution in [1.82, 2.24) is 5.32 Å². The van der Waals surface area contributed by atoms with Gasteiger partial charge in [0, 0.05) is 5.69 Å². The number of amides is 2. The van der Waals surface area contributed by atoms with Crippen LogP contribution >= 0.6 is 0 Å². The summed E-state index contributed by atoms with van der Waals surface area (Å²) in [5, 5.41) is 9.04. The molecule has 1 aliphatic rings. The zero-order valence-electron chi connectivity index (χ0n) is 13.8. The quantitative estimate of drug-likeness (QED) is 0.801. The van der Waals surface area contributed by atoms with E-state index in [0.717, 1.165) is 18.8 Å². The predicted octanol–water partition coefficient (Wildman–Crippen LogP) is 3.81. The van der Waals surface area contributed by atoms with Crippen molar-refractivity contribution in [1.29, 1.82) is 0 Å². The van der Waals surface area contributed by atoms with E-state index in [4.69, 9.17) is 4.74 Å². The normalized spacial score (nSPS) is 14.9. The molecule has 0 saturated carbocycles. The Hall–Kier alpha value is -2.53. The van der Waals surface area contributed by atoms with Gasteiger partial charge in [0.1, 0.15) is 5.75 Å². The molecular weight excluding hydrogens is 302 g/mol. The zero-order valence-corrected chi connectivity index (χ0v) is 13.8. The van der Waals surface area contributed by atoms with Gasteiger partial charge in [0.2, 0.25) is 0 Å². The summed E-state index contributed by atoms with van der Waals surface area (Å²) in [7, 11) is 1.58. The number of carbonyl (C=O) groups excluding carboxylic acids is 1. The maximum Gasteiger partial charge on any atom is 0.323 e.